The third-order valence-corrected chi connectivity index (χ3v) is 5.65. The largest absolute Gasteiger partial charge is 0.350 e. The lowest BCUT2D eigenvalue weighted by atomic mass is 10.2. The van der Waals surface area contributed by atoms with Gasteiger partial charge in [0.1, 0.15) is 0 Å². The molecular weight excluding hydrogens is 398 g/mol. The van der Waals surface area contributed by atoms with Crippen molar-refractivity contribution in [1.29, 1.82) is 0 Å². The smallest absolute Gasteiger partial charge is 0.262 e. The number of amides is 1. The molecule has 0 aliphatic heterocycles. The summed E-state index contributed by atoms with van der Waals surface area (Å²) in [5.74, 6) is -0.243. The van der Waals surface area contributed by atoms with Crippen molar-refractivity contribution in [3.05, 3.63) is 59.2 Å². The van der Waals surface area contributed by atoms with Gasteiger partial charge < -0.3 is 10.6 Å². The van der Waals surface area contributed by atoms with Crippen molar-refractivity contribution < 1.29 is 13.2 Å². The standard InChI is InChI=1S/C20H27N3O3S.ClH/c1-5-21-16(4)13-22-20(24)17-7-6-8-18(12-17)23-27(25,26)19-11-14(2)9-10-15(19)3;/h6-12,16,21,23H,5,13H2,1-4H3,(H,22,24);1H/t16-;/m1./s1. The van der Waals surface area contributed by atoms with E-state index in [1.54, 1.807) is 37.3 Å². The third-order valence-electron chi connectivity index (χ3n) is 4.13. The van der Waals surface area contributed by atoms with Gasteiger partial charge in [0.05, 0.1) is 4.90 Å². The first-order valence-corrected chi connectivity index (χ1v) is 10.4. The van der Waals surface area contributed by atoms with Crippen molar-refractivity contribution in [1.82, 2.24) is 10.6 Å². The average Bonchev–Trinajstić information content (AvgIpc) is 2.61. The van der Waals surface area contributed by atoms with Crippen LogP contribution < -0.4 is 15.4 Å². The van der Waals surface area contributed by atoms with Crippen LogP contribution in [0.15, 0.2) is 47.4 Å². The van der Waals surface area contributed by atoms with E-state index >= 15 is 0 Å². The molecule has 154 valence electrons. The summed E-state index contributed by atoms with van der Waals surface area (Å²) >= 11 is 0. The number of likely N-dealkylation sites (N-methyl/N-ethyl adjacent to an activating group) is 1. The summed E-state index contributed by atoms with van der Waals surface area (Å²) in [7, 11) is -3.73. The number of hydrogen-bond donors (Lipinski definition) is 3. The third kappa shape index (κ3) is 6.51. The summed E-state index contributed by atoms with van der Waals surface area (Å²) < 4.78 is 28.0. The molecule has 2 rings (SSSR count). The first-order chi connectivity index (χ1) is 12.7. The highest BCUT2D eigenvalue weighted by atomic mass is 35.5. The van der Waals surface area contributed by atoms with Gasteiger partial charge in [0.2, 0.25) is 0 Å². The van der Waals surface area contributed by atoms with Crippen molar-refractivity contribution >= 4 is 34.0 Å². The fraction of sp³-hybridized carbons (Fsp3) is 0.350. The van der Waals surface area contributed by atoms with Gasteiger partial charge in [-0.3, -0.25) is 9.52 Å². The molecule has 28 heavy (non-hydrogen) atoms. The Kier molecular flexibility index (Phi) is 8.94. The maximum atomic E-state index is 12.7. The van der Waals surface area contributed by atoms with Crippen LogP contribution in [0.25, 0.3) is 0 Å². The summed E-state index contributed by atoms with van der Waals surface area (Å²) in [6.07, 6.45) is 0. The number of rotatable bonds is 8. The fourth-order valence-corrected chi connectivity index (χ4v) is 4.08. The van der Waals surface area contributed by atoms with E-state index in [2.05, 4.69) is 15.4 Å². The summed E-state index contributed by atoms with van der Waals surface area (Å²) in [4.78, 5) is 12.6. The molecule has 0 saturated carbocycles. The molecule has 0 bridgehead atoms. The molecule has 0 fully saturated rings. The number of aryl methyl sites for hydroxylation is 2. The topological polar surface area (TPSA) is 87.3 Å². The fourth-order valence-electron chi connectivity index (χ4n) is 2.70. The molecule has 0 heterocycles. The maximum absolute atomic E-state index is 12.7. The van der Waals surface area contributed by atoms with Gasteiger partial charge in [-0.25, -0.2) is 8.42 Å². The monoisotopic (exact) mass is 425 g/mol. The number of carbonyl (C=O) groups is 1. The molecule has 2 aromatic carbocycles. The van der Waals surface area contributed by atoms with Gasteiger partial charge in [-0.1, -0.05) is 25.1 Å². The summed E-state index contributed by atoms with van der Waals surface area (Å²) in [5, 5.41) is 6.06. The van der Waals surface area contributed by atoms with E-state index in [-0.39, 0.29) is 29.3 Å². The predicted molar refractivity (Wildman–Crippen MR) is 116 cm³/mol. The number of hydrogen-bond acceptors (Lipinski definition) is 4. The number of sulfonamides is 1. The van der Waals surface area contributed by atoms with Crippen LogP contribution in [0.5, 0.6) is 0 Å². The van der Waals surface area contributed by atoms with E-state index in [0.29, 0.717) is 23.4 Å². The highest BCUT2D eigenvalue weighted by molar-refractivity contribution is 7.92. The van der Waals surface area contributed by atoms with Crippen LogP contribution in [0, 0.1) is 13.8 Å². The lowest BCUT2D eigenvalue weighted by Gasteiger charge is -2.14. The molecular formula is C20H28ClN3O3S. The van der Waals surface area contributed by atoms with E-state index < -0.39 is 10.0 Å². The maximum Gasteiger partial charge on any atom is 0.262 e. The second kappa shape index (κ2) is 10.5. The molecule has 6 nitrogen and oxygen atoms in total. The van der Waals surface area contributed by atoms with Gasteiger partial charge in [-0.15, -0.1) is 12.4 Å². The number of benzene rings is 2. The van der Waals surface area contributed by atoms with E-state index in [1.165, 1.54) is 6.07 Å². The molecule has 8 heteroatoms. The Morgan fingerprint density at radius 1 is 1.11 bits per heavy atom. The summed E-state index contributed by atoms with van der Waals surface area (Å²) in [6, 6.07) is 11.9. The van der Waals surface area contributed by atoms with E-state index in [9.17, 15) is 13.2 Å². The zero-order valence-electron chi connectivity index (χ0n) is 16.6. The molecule has 0 radical (unpaired) electrons. The SMILES string of the molecule is CCN[C@H](C)CNC(=O)c1cccc(NS(=O)(=O)c2cc(C)ccc2C)c1.Cl. The summed E-state index contributed by atoms with van der Waals surface area (Å²) in [6.45, 7) is 8.90. The van der Waals surface area contributed by atoms with Gasteiger partial charge >= 0.3 is 0 Å². The molecule has 0 saturated heterocycles. The Morgan fingerprint density at radius 2 is 1.82 bits per heavy atom. The molecule has 1 amide bonds. The zero-order chi connectivity index (χ0) is 20.0. The summed E-state index contributed by atoms with van der Waals surface area (Å²) in [5.41, 5.74) is 2.28. The van der Waals surface area contributed by atoms with Crippen molar-refractivity contribution in [2.45, 2.75) is 38.6 Å². The Labute approximate surface area is 173 Å². The molecule has 0 spiro atoms. The Morgan fingerprint density at radius 3 is 2.50 bits per heavy atom. The Hall–Kier alpha value is -2.09. The van der Waals surface area contributed by atoms with Gasteiger partial charge in [0.15, 0.2) is 0 Å². The minimum absolute atomic E-state index is 0. The van der Waals surface area contributed by atoms with E-state index in [4.69, 9.17) is 0 Å². The lowest BCUT2D eigenvalue weighted by Crippen LogP contribution is -2.38. The Bertz CT molecular complexity index is 917. The number of halogens is 1. The molecule has 1 atom stereocenters. The second-order valence-electron chi connectivity index (χ2n) is 6.62. The average molecular weight is 426 g/mol. The van der Waals surface area contributed by atoms with Crippen LogP contribution in [0.2, 0.25) is 0 Å². The van der Waals surface area contributed by atoms with Crippen molar-refractivity contribution in [3.8, 4) is 0 Å². The van der Waals surface area contributed by atoms with Crippen LogP contribution in [0.1, 0.15) is 35.3 Å². The predicted octanol–water partition coefficient (Wildman–Crippen LogP) is 3.25. The first kappa shape index (κ1) is 23.9. The van der Waals surface area contributed by atoms with Crippen LogP contribution >= 0.6 is 12.4 Å². The molecule has 0 aliphatic carbocycles. The van der Waals surface area contributed by atoms with E-state index in [0.717, 1.165) is 12.1 Å². The molecule has 2 aromatic rings. The molecule has 0 unspecified atom stereocenters. The highest BCUT2D eigenvalue weighted by Gasteiger charge is 2.18. The second-order valence-corrected chi connectivity index (χ2v) is 8.27. The molecule has 3 N–H and O–H groups in total. The van der Waals surface area contributed by atoms with Gasteiger partial charge in [-0.2, -0.15) is 0 Å². The van der Waals surface area contributed by atoms with E-state index in [1.807, 2.05) is 26.8 Å². The van der Waals surface area contributed by atoms with Crippen LogP contribution in [0.3, 0.4) is 0 Å². The highest BCUT2D eigenvalue weighted by Crippen LogP contribution is 2.21. The molecule has 0 aromatic heterocycles. The van der Waals surface area contributed by atoms with Crippen molar-refractivity contribution in [3.63, 3.8) is 0 Å². The lowest BCUT2D eigenvalue weighted by molar-refractivity contribution is 0.0950. The van der Waals surface area contributed by atoms with Crippen molar-refractivity contribution in [2.24, 2.45) is 0 Å². The van der Waals surface area contributed by atoms with Crippen LogP contribution in [-0.4, -0.2) is 33.5 Å². The van der Waals surface area contributed by atoms with Crippen LogP contribution in [-0.2, 0) is 10.0 Å². The number of anilines is 1. The van der Waals surface area contributed by atoms with Crippen molar-refractivity contribution in [2.75, 3.05) is 17.8 Å². The normalized spacial score (nSPS) is 12.0. The molecule has 0 aliphatic rings. The quantitative estimate of drug-likeness (QED) is 0.605. The van der Waals surface area contributed by atoms with Gasteiger partial charge in [0.25, 0.3) is 15.9 Å². The number of carbonyl (C=O) groups excluding carboxylic acids is 1. The van der Waals surface area contributed by atoms with Gasteiger partial charge in [0, 0.05) is 23.8 Å². The van der Waals surface area contributed by atoms with Crippen LogP contribution in [0.4, 0.5) is 5.69 Å². The minimum atomic E-state index is -3.73. The zero-order valence-corrected chi connectivity index (χ0v) is 18.2. The number of nitrogens with one attached hydrogen (secondary N) is 3. The van der Waals surface area contributed by atoms with Gasteiger partial charge in [-0.05, 0) is 62.7 Å². The Balaban J connectivity index is 0.00000392. The minimum Gasteiger partial charge on any atom is -0.350 e. The first-order valence-electron chi connectivity index (χ1n) is 8.94.